The molecule has 8 nitrogen and oxygen atoms in total. The first-order valence-corrected chi connectivity index (χ1v) is 10.4. The number of aromatic amines is 1. The summed E-state index contributed by atoms with van der Waals surface area (Å²) < 4.78 is 13.0. The zero-order valence-electron chi connectivity index (χ0n) is 15.1. The molecule has 0 spiro atoms. The Morgan fingerprint density at radius 2 is 2.14 bits per heavy atom. The molecule has 4 aromatic rings. The highest BCUT2D eigenvalue weighted by Gasteiger charge is 2.13. The van der Waals surface area contributed by atoms with Gasteiger partial charge in [0, 0.05) is 52.5 Å². The zero-order valence-corrected chi connectivity index (χ0v) is 15.9. The second kappa shape index (κ2) is 7.70. The number of H-pyrrole nitrogens is 1. The number of nitrogens with one attached hydrogen (secondary N) is 1. The third kappa shape index (κ3) is 3.54. The maximum Gasteiger partial charge on any atom is 0.178 e. The number of nitriles is 1. The van der Waals surface area contributed by atoms with Crippen molar-refractivity contribution in [1.82, 2.24) is 29.7 Å². The van der Waals surface area contributed by atoms with E-state index in [0.29, 0.717) is 23.6 Å². The molecule has 0 saturated heterocycles. The molecule has 0 bridgehead atoms. The van der Waals surface area contributed by atoms with Crippen LogP contribution in [-0.4, -0.2) is 45.9 Å². The van der Waals surface area contributed by atoms with Crippen molar-refractivity contribution in [3.8, 4) is 23.0 Å². The molecule has 0 aromatic carbocycles. The van der Waals surface area contributed by atoms with Gasteiger partial charge >= 0.3 is 0 Å². The lowest BCUT2D eigenvalue weighted by atomic mass is 10.00. The molecule has 0 radical (unpaired) electrons. The molecule has 0 aliphatic carbocycles. The summed E-state index contributed by atoms with van der Waals surface area (Å²) in [5, 5.41) is 13.8. The lowest BCUT2D eigenvalue weighted by Crippen LogP contribution is -2.04. The van der Waals surface area contributed by atoms with E-state index >= 15 is 0 Å². The molecule has 2 unspecified atom stereocenters. The van der Waals surface area contributed by atoms with Crippen LogP contribution in [0.5, 0.6) is 0 Å². The Morgan fingerprint density at radius 1 is 1.25 bits per heavy atom. The quantitative estimate of drug-likeness (QED) is 0.540. The highest BCUT2D eigenvalue weighted by Crippen LogP contribution is 2.25. The summed E-state index contributed by atoms with van der Waals surface area (Å²) in [6, 6.07) is 7.87. The number of rotatable bonds is 6. The van der Waals surface area contributed by atoms with E-state index in [0.717, 1.165) is 22.2 Å². The van der Waals surface area contributed by atoms with Crippen LogP contribution in [0.1, 0.15) is 17.9 Å². The molecule has 4 heterocycles. The van der Waals surface area contributed by atoms with Gasteiger partial charge in [0.1, 0.15) is 0 Å². The second-order valence-corrected chi connectivity index (χ2v) is 7.89. The van der Waals surface area contributed by atoms with Crippen LogP contribution in [0.25, 0.3) is 28.1 Å². The minimum Gasteiger partial charge on any atom is -0.343 e. The van der Waals surface area contributed by atoms with Crippen LogP contribution >= 0.6 is 0 Å². The van der Waals surface area contributed by atoms with Gasteiger partial charge in [-0.1, -0.05) is 6.07 Å². The summed E-state index contributed by atoms with van der Waals surface area (Å²) in [7, 11) is -0.915. The van der Waals surface area contributed by atoms with E-state index in [1.54, 1.807) is 35.9 Å². The minimum atomic E-state index is -0.915. The van der Waals surface area contributed by atoms with Crippen molar-refractivity contribution in [2.24, 2.45) is 0 Å². The lowest BCUT2D eigenvalue weighted by Gasteiger charge is -2.09. The van der Waals surface area contributed by atoms with Gasteiger partial charge in [-0.3, -0.25) is 4.21 Å². The van der Waals surface area contributed by atoms with Crippen LogP contribution in [0.4, 0.5) is 0 Å². The molecule has 2 atom stereocenters. The molecule has 4 aromatic heterocycles. The maximum atomic E-state index is 11.3. The van der Waals surface area contributed by atoms with Crippen LogP contribution < -0.4 is 0 Å². The highest BCUT2D eigenvalue weighted by atomic mass is 32.2. The van der Waals surface area contributed by atoms with Crippen molar-refractivity contribution in [2.75, 3.05) is 12.0 Å². The summed E-state index contributed by atoms with van der Waals surface area (Å²) in [6.07, 6.45) is 10.9. The molecule has 0 saturated carbocycles. The van der Waals surface area contributed by atoms with Gasteiger partial charge in [-0.15, -0.1) is 0 Å². The standard InChI is InChI=1S/C19H17N7OS/c1-28(27)7-5-13(8-20)14-2-3-17(22-9-14)26-11-15(10-25-26)16-4-6-21-19-18(16)23-12-24-19/h2-4,6,9-13H,5,7H2,1H3,(H,21,23,24). The van der Waals surface area contributed by atoms with Gasteiger partial charge in [-0.25, -0.2) is 19.6 Å². The Balaban J connectivity index is 1.58. The monoisotopic (exact) mass is 391 g/mol. The maximum absolute atomic E-state index is 11.3. The van der Waals surface area contributed by atoms with Crippen molar-refractivity contribution in [1.29, 1.82) is 5.26 Å². The topological polar surface area (TPSA) is 113 Å². The van der Waals surface area contributed by atoms with Crippen LogP contribution in [0.3, 0.4) is 0 Å². The molecule has 9 heteroatoms. The molecule has 0 aliphatic rings. The fourth-order valence-corrected chi connectivity index (χ4v) is 3.57. The first-order valence-electron chi connectivity index (χ1n) is 8.65. The van der Waals surface area contributed by atoms with Crippen molar-refractivity contribution in [2.45, 2.75) is 12.3 Å². The van der Waals surface area contributed by atoms with E-state index in [1.165, 1.54) is 0 Å². The first-order chi connectivity index (χ1) is 13.7. The summed E-state index contributed by atoms with van der Waals surface area (Å²) >= 11 is 0. The molecule has 140 valence electrons. The average Bonchev–Trinajstić information content (AvgIpc) is 3.38. The third-order valence-electron chi connectivity index (χ3n) is 4.48. The van der Waals surface area contributed by atoms with E-state index < -0.39 is 10.8 Å². The molecular formula is C19H17N7OS. The van der Waals surface area contributed by atoms with Crippen LogP contribution in [0.15, 0.2) is 49.3 Å². The van der Waals surface area contributed by atoms with Gasteiger partial charge in [0.2, 0.25) is 0 Å². The number of hydrogen-bond donors (Lipinski definition) is 1. The molecule has 0 amide bonds. The largest absolute Gasteiger partial charge is 0.343 e. The molecule has 1 N–H and O–H groups in total. The predicted molar refractivity (Wildman–Crippen MR) is 106 cm³/mol. The molecule has 0 fully saturated rings. The smallest absolute Gasteiger partial charge is 0.178 e. The van der Waals surface area contributed by atoms with E-state index in [1.807, 2.05) is 24.4 Å². The molecule has 4 rings (SSSR count). The van der Waals surface area contributed by atoms with E-state index in [4.69, 9.17) is 0 Å². The summed E-state index contributed by atoms with van der Waals surface area (Å²) in [6.45, 7) is 0. The van der Waals surface area contributed by atoms with Crippen LogP contribution in [0.2, 0.25) is 0 Å². The van der Waals surface area contributed by atoms with Gasteiger partial charge in [-0.05, 0) is 24.1 Å². The fourth-order valence-electron chi connectivity index (χ4n) is 3.01. The Labute approximate surface area is 163 Å². The SMILES string of the molecule is CS(=O)CCC(C#N)c1ccc(-n2cc(-c3ccnc4nc[nH]c34)cn2)nc1. The summed E-state index contributed by atoms with van der Waals surface area (Å²) in [5.41, 5.74) is 4.21. The van der Waals surface area contributed by atoms with Gasteiger partial charge in [0.15, 0.2) is 11.5 Å². The number of hydrogen-bond acceptors (Lipinski definition) is 6. The van der Waals surface area contributed by atoms with E-state index in [9.17, 15) is 9.47 Å². The molecule has 0 aliphatic heterocycles. The normalized spacial score (nSPS) is 13.3. The number of pyridine rings is 2. The Kier molecular flexibility index (Phi) is 4.95. The van der Waals surface area contributed by atoms with E-state index in [2.05, 4.69) is 31.1 Å². The molecule has 28 heavy (non-hydrogen) atoms. The number of aromatic nitrogens is 6. The zero-order chi connectivity index (χ0) is 19.5. The van der Waals surface area contributed by atoms with Gasteiger partial charge in [0.05, 0.1) is 30.0 Å². The van der Waals surface area contributed by atoms with Crippen molar-refractivity contribution in [3.05, 3.63) is 54.9 Å². The van der Waals surface area contributed by atoms with Gasteiger partial charge in [-0.2, -0.15) is 10.4 Å². The van der Waals surface area contributed by atoms with Crippen molar-refractivity contribution in [3.63, 3.8) is 0 Å². The number of imidazole rings is 1. The second-order valence-electron chi connectivity index (χ2n) is 6.33. The van der Waals surface area contributed by atoms with Crippen molar-refractivity contribution < 1.29 is 4.21 Å². The average molecular weight is 391 g/mol. The Hall–Kier alpha value is -3.38. The summed E-state index contributed by atoms with van der Waals surface area (Å²) in [4.78, 5) is 16.0. The van der Waals surface area contributed by atoms with Crippen LogP contribution in [0, 0.1) is 11.3 Å². The predicted octanol–water partition coefficient (Wildman–Crippen LogP) is 2.58. The Morgan fingerprint density at radius 3 is 2.89 bits per heavy atom. The third-order valence-corrected chi connectivity index (χ3v) is 5.29. The highest BCUT2D eigenvalue weighted by molar-refractivity contribution is 7.84. The van der Waals surface area contributed by atoms with Crippen LogP contribution in [-0.2, 0) is 10.8 Å². The van der Waals surface area contributed by atoms with Gasteiger partial charge < -0.3 is 4.98 Å². The minimum absolute atomic E-state index is 0.316. The van der Waals surface area contributed by atoms with E-state index in [-0.39, 0.29) is 5.92 Å². The first kappa shape index (κ1) is 18.0. The fraction of sp³-hybridized carbons (Fsp3) is 0.211. The van der Waals surface area contributed by atoms with Crippen molar-refractivity contribution >= 4 is 22.0 Å². The van der Waals surface area contributed by atoms with Gasteiger partial charge in [0.25, 0.3) is 0 Å². The Bertz CT molecular complexity index is 1170. The lowest BCUT2D eigenvalue weighted by molar-refractivity contribution is 0.681. The number of fused-ring (bicyclic) bond motifs is 1. The molecular weight excluding hydrogens is 374 g/mol. The summed E-state index contributed by atoms with van der Waals surface area (Å²) in [5.74, 6) is 0.834. The number of nitrogens with zero attached hydrogens (tertiary/aromatic N) is 6.